The summed E-state index contributed by atoms with van der Waals surface area (Å²) >= 11 is 1.28. The molecule has 0 saturated carbocycles. The van der Waals surface area contributed by atoms with Crippen molar-refractivity contribution in [2.24, 2.45) is 5.92 Å². The van der Waals surface area contributed by atoms with Gasteiger partial charge < -0.3 is 14.5 Å². The molecule has 2 fully saturated rings. The second kappa shape index (κ2) is 8.67. The summed E-state index contributed by atoms with van der Waals surface area (Å²) in [6.45, 7) is 2.71. The predicted octanol–water partition coefficient (Wildman–Crippen LogP) is 2.52. The van der Waals surface area contributed by atoms with Gasteiger partial charge in [-0.3, -0.25) is 4.79 Å². The molecule has 8 nitrogen and oxygen atoms in total. The van der Waals surface area contributed by atoms with Crippen molar-refractivity contribution >= 4 is 42.6 Å². The van der Waals surface area contributed by atoms with E-state index in [2.05, 4.69) is 9.72 Å². The highest BCUT2D eigenvalue weighted by Crippen LogP contribution is 2.33. The van der Waals surface area contributed by atoms with Crippen LogP contribution in [-0.2, 0) is 14.8 Å². The largest absolute Gasteiger partial charge is 0.573 e. The molecule has 1 atom stereocenters. The maximum absolute atomic E-state index is 12.9. The minimum Gasteiger partial charge on any atom is -0.406 e. The topological polar surface area (TPSA) is 83.1 Å². The first-order valence-electron chi connectivity index (χ1n) is 10.1. The van der Waals surface area contributed by atoms with Crippen LogP contribution in [0, 0.1) is 5.92 Å². The van der Waals surface area contributed by atoms with Crippen LogP contribution in [0.15, 0.2) is 18.2 Å². The third-order valence-corrected chi connectivity index (χ3v) is 8.00. The molecule has 1 aromatic heterocycles. The fraction of sp³-hybridized carbons (Fsp3) is 0.579. The standard InChI is InChI=1S/C19H23F3N4O4S2/c1-32(28,29)26-6-2-3-13(12-26)17(27)24-7-9-25(10-8-24)18-23-15-5-4-14(11-16(15)31-18)30-19(20,21)22/h4-5,11,13H,2-3,6-10,12H2,1H3. The number of rotatable bonds is 4. The van der Waals surface area contributed by atoms with Gasteiger partial charge in [-0.2, -0.15) is 0 Å². The molecule has 13 heteroatoms. The number of fused-ring (bicyclic) bond motifs is 1. The third-order valence-electron chi connectivity index (χ3n) is 5.65. The lowest BCUT2D eigenvalue weighted by molar-refractivity contribution is -0.274. The molecule has 3 heterocycles. The molecule has 1 unspecified atom stereocenters. The first-order chi connectivity index (χ1) is 15.0. The zero-order chi connectivity index (χ0) is 23.1. The number of benzene rings is 1. The highest BCUT2D eigenvalue weighted by molar-refractivity contribution is 7.88. The van der Waals surface area contributed by atoms with Gasteiger partial charge in [0.1, 0.15) is 5.75 Å². The Balaban J connectivity index is 1.38. The average Bonchev–Trinajstić information content (AvgIpc) is 3.15. The molecule has 2 aromatic rings. The van der Waals surface area contributed by atoms with Crippen molar-refractivity contribution in [2.75, 3.05) is 50.4 Å². The Labute approximate surface area is 187 Å². The van der Waals surface area contributed by atoms with E-state index in [0.29, 0.717) is 60.9 Å². The Morgan fingerprint density at radius 1 is 1.19 bits per heavy atom. The molecule has 1 aromatic carbocycles. The summed E-state index contributed by atoms with van der Waals surface area (Å²) in [6, 6.07) is 4.05. The van der Waals surface area contributed by atoms with Gasteiger partial charge in [-0.05, 0) is 25.0 Å². The Morgan fingerprint density at radius 3 is 2.56 bits per heavy atom. The quantitative estimate of drug-likeness (QED) is 0.653. The Hall–Kier alpha value is -2.12. The molecule has 2 aliphatic rings. The number of hydrogen-bond donors (Lipinski definition) is 0. The lowest BCUT2D eigenvalue weighted by Gasteiger charge is -2.38. The second-order valence-electron chi connectivity index (χ2n) is 7.95. The molecule has 0 bridgehead atoms. The van der Waals surface area contributed by atoms with Gasteiger partial charge in [-0.1, -0.05) is 11.3 Å². The van der Waals surface area contributed by atoms with Crippen molar-refractivity contribution in [3.63, 3.8) is 0 Å². The zero-order valence-corrected chi connectivity index (χ0v) is 19.0. The van der Waals surface area contributed by atoms with Crippen molar-refractivity contribution in [2.45, 2.75) is 19.2 Å². The van der Waals surface area contributed by atoms with Crippen LogP contribution in [0.5, 0.6) is 5.75 Å². The Morgan fingerprint density at radius 2 is 1.91 bits per heavy atom. The van der Waals surface area contributed by atoms with Gasteiger partial charge in [0.2, 0.25) is 15.9 Å². The van der Waals surface area contributed by atoms with Crippen LogP contribution in [0.25, 0.3) is 10.2 Å². The maximum Gasteiger partial charge on any atom is 0.573 e. The van der Waals surface area contributed by atoms with E-state index in [1.807, 2.05) is 4.90 Å². The van der Waals surface area contributed by atoms with Crippen molar-refractivity contribution in [3.05, 3.63) is 18.2 Å². The summed E-state index contributed by atoms with van der Waals surface area (Å²) < 4.78 is 66.9. The van der Waals surface area contributed by atoms with E-state index in [9.17, 15) is 26.4 Å². The summed E-state index contributed by atoms with van der Waals surface area (Å²) in [5, 5.41) is 0.678. The molecule has 2 saturated heterocycles. The van der Waals surface area contributed by atoms with Crippen LogP contribution < -0.4 is 9.64 Å². The van der Waals surface area contributed by atoms with Crippen LogP contribution in [0.2, 0.25) is 0 Å². The molecule has 0 radical (unpaired) electrons. The van der Waals surface area contributed by atoms with Gasteiger partial charge in [0, 0.05) is 45.3 Å². The fourth-order valence-corrected chi connectivity index (χ4v) is 6.00. The van der Waals surface area contributed by atoms with E-state index >= 15 is 0 Å². The normalized spacial score (nSPS) is 21.2. The number of nitrogens with zero attached hydrogens (tertiary/aromatic N) is 4. The van der Waals surface area contributed by atoms with E-state index in [-0.39, 0.29) is 24.1 Å². The van der Waals surface area contributed by atoms with Gasteiger partial charge in [0.25, 0.3) is 0 Å². The first kappa shape index (κ1) is 23.1. The average molecular weight is 493 g/mol. The molecule has 1 amide bonds. The number of amides is 1. The Kier molecular flexibility index (Phi) is 6.25. The molecule has 176 valence electrons. The summed E-state index contributed by atoms with van der Waals surface area (Å²) in [5.74, 6) is -0.651. The lowest BCUT2D eigenvalue weighted by Crippen LogP contribution is -2.53. The molecule has 0 aliphatic carbocycles. The fourth-order valence-electron chi connectivity index (χ4n) is 4.05. The molecule has 0 N–H and O–H groups in total. The number of ether oxygens (including phenoxy) is 1. The predicted molar refractivity (Wildman–Crippen MR) is 114 cm³/mol. The maximum atomic E-state index is 12.9. The van der Waals surface area contributed by atoms with Crippen molar-refractivity contribution < 1.29 is 31.1 Å². The second-order valence-corrected chi connectivity index (χ2v) is 10.9. The number of aromatic nitrogens is 1. The van der Waals surface area contributed by atoms with E-state index < -0.39 is 16.4 Å². The zero-order valence-electron chi connectivity index (χ0n) is 17.3. The number of carbonyl (C=O) groups excluding carboxylic acids is 1. The van der Waals surface area contributed by atoms with Crippen molar-refractivity contribution in [1.29, 1.82) is 0 Å². The highest BCUT2D eigenvalue weighted by Gasteiger charge is 2.34. The number of hydrogen-bond acceptors (Lipinski definition) is 7. The van der Waals surface area contributed by atoms with Crippen LogP contribution >= 0.6 is 11.3 Å². The first-order valence-corrected chi connectivity index (χ1v) is 12.8. The number of alkyl halides is 3. The van der Waals surface area contributed by atoms with Crippen LogP contribution in [0.3, 0.4) is 0 Å². The molecule has 2 aliphatic heterocycles. The summed E-state index contributed by atoms with van der Waals surface area (Å²) in [7, 11) is -3.32. The number of carbonyl (C=O) groups is 1. The number of sulfonamides is 1. The minimum atomic E-state index is -4.75. The van der Waals surface area contributed by atoms with E-state index in [1.165, 1.54) is 33.8 Å². The summed E-state index contributed by atoms with van der Waals surface area (Å²) in [6.07, 6.45) is -2.25. The van der Waals surface area contributed by atoms with E-state index in [0.717, 1.165) is 6.26 Å². The number of thiazole rings is 1. The molecule has 0 spiro atoms. The van der Waals surface area contributed by atoms with Crippen LogP contribution in [0.1, 0.15) is 12.8 Å². The number of piperazine rings is 1. The number of piperidine rings is 1. The van der Waals surface area contributed by atoms with Crippen LogP contribution in [-0.4, -0.2) is 80.4 Å². The number of halogens is 3. The highest BCUT2D eigenvalue weighted by atomic mass is 32.2. The minimum absolute atomic E-state index is 0.0313. The SMILES string of the molecule is CS(=O)(=O)N1CCCC(C(=O)N2CCN(c3nc4ccc(OC(F)(F)F)cc4s3)CC2)C1. The van der Waals surface area contributed by atoms with Gasteiger partial charge in [-0.15, -0.1) is 13.2 Å². The third kappa shape index (κ3) is 5.26. The summed E-state index contributed by atoms with van der Waals surface area (Å²) in [4.78, 5) is 21.2. The molecular weight excluding hydrogens is 469 g/mol. The van der Waals surface area contributed by atoms with Gasteiger partial charge in [-0.25, -0.2) is 17.7 Å². The van der Waals surface area contributed by atoms with Gasteiger partial charge in [0.05, 0.1) is 22.4 Å². The molecule has 32 heavy (non-hydrogen) atoms. The summed E-state index contributed by atoms with van der Waals surface area (Å²) in [5.41, 5.74) is 0.584. The van der Waals surface area contributed by atoms with Gasteiger partial charge in [0.15, 0.2) is 5.13 Å². The van der Waals surface area contributed by atoms with E-state index in [1.54, 1.807) is 4.90 Å². The van der Waals surface area contributed by atoms with Gasteiger partial charge >= 0.3 is 6.36 Å². The molecule has 4 rings (SSSR count). The monoisotopic (exact) mass is 492 g/mol. The van der Waals surface area contributed by atoms with Crippen LogP contribution in [0.4, 0.5) is 18.3 Å². The Bertz CT molecular complexity index is 1100. The smallest absolute Gasteiger partial charge is 0.406 e. The molecular formula is C19H23F3N4O4S2. The van der Waals surface area contributed by atoms with E-state index in [4.69, 9.17) is 0 Å². The number of anilines is 1. The van der Waals surface area contributed by atoms with Crippen molar-refractivity contribution in [1.82, 2.24) is 14.2 Å². The lowest BCUT2D eigenvalue weighted by atomic mass is 9.98. The van der Waals surface area contributed by atoms with Crippen molar-refractivity contribution in [3.8, 4) is 5.75 Å².